The molecule has 1 heterocycles. The second-order valence-corrected chi connectivity index (χ2v) is 4.91. The Balaban J connectivity index is 1.59. The molecule has 0 aliphatic heterocycles. The van der Waals surface area contributed by atoms with Crippen molar-refractivity contribution in [3.8, 4) is 5.75 Å². The molecule has 0 saturated heterocycles. The Bertz CT molecular complexity index is 480. The first-order chi connectivity index (χ1) is 10.4. The molecular formula is C17H24N2O2. The van der Waals surface area contributed by atoms with Crippen LogP contribution in [0.5, 0.6) is 5.75 Å². The molecular weight excluding hydrogens is 264 g/mol. The largest absolute Gasteiger partial charge is 0.494 e. The Morgan fingerprint density at radius 2 is 1.95 bits per heavy atom. The van der Waals surface area contributed by atoms with Crippen LogP contribution in [0.25, 0.3) is 0 Å². The van der Waals surface area contributed by atoms with E-state index in [1.54, 1.807) is 6.26 Å². The highest BCUT2D eigenvalue weighted by Gasteiger charge is 1.96. The number of benzene rings is 1. The van der Waals surface area contributed by atoms with Crippen LogP contribution < -0.4 is 15.4 Å². The summed E-state index contributed by atoms with van der Waals surface area (Å²) in [5.41, 5.74) is 1.11. The number of hydrogen-bond acceptors (Lipinski definition) is 4. The lowest BCUT2D eigenvalue weighted by molar-refractivity contribution is 0.309. The topological polar surface area (TPSA) is 46.4 Å². The van der Waals surface area contributed by atoms with Crippen molar-refractivity contribution in [2.24, 2.45) is 0 Å². The molecule has 2 aromatic rings. The fourth-order valence-corrected chi connectivity index (χ4v) is 1.92. The van der Waals surface area contributed by atoms with Gasteiger partial charge in [0.25, 0.3) is 0 Å². The fraction of sp³-hybridized carbons (Fsp3) is 0.412. The van der Waals surface area contributed by atoms with E-state index in [9.17, 15) is 0 Å². The monoisotopic (exact) mass is 288 g/mol. The van der Waals surface area contributed by atoms with E-state index in [0.717, 1.165) is 56.3 Å². The number of unbranched alkanes of at least 4 members (excludes halogenated alkanes) is 1. The summed E-state index contributed by atoms with van der Waals surface area (Å²) in [6, 6.07) is 12.0. The van der Waals surface area contributed by atoms with E-state index in [1.165, 1.54) is 0 Å². The predicted octanol–water partition coefficient (Wildman–Crippen LogP) is 3.66. The van der Waals surface area contributed by atoms with Crippen LogP contribution in [0, 0.1) is 0 Å². The van der Waals surface area contributed by atoms with Crippen LogP contribution in [-0.4, -0.2) is 19.7 Å². The van der Waals surface area contributed by atoms with Crippen molar-refractivity contribution >= 4 is 5.69 Å². The van der Waals surface area contributed by atoms with E-state index in [0.29, 0.717) is 0 Å². The van der Waals surface area contributed by atoms with Gasteiger partial charge in [-0.25, -0.2) is 0 Å². The average Bonchev–Trinajstić information content (AvgIpc) is 3.02. The molecule has 2 N–H and O–H groups in total. The van der Waals surface area contributed by atoms with Crippen molar-refractivity contribution in [2.45, 2.75) is 26.3 Å². The summed E-state index contributed by atoms with van der Waals surface area (Å²) in [6.07, 6.45) is 3.95. The zero-order chi connectivity index (χ0) is 14.8. The summed E-state index contributed by atoms with van der Waals surface area (Å²) in [7, 11) is 0. The van der Waals surface area contributed by atoms with Gasteiger partial charge in [-0.3, -0.25) is 0 Å². The first-order valence-electron chi connectivity index (χ1n) is 7.58. The molecule has 0 spiro atoms. The van der Waals surface area contributed by atoms with Gasteiger partial charge in [-0.15, -0.1) is 0 Å². The molecule has 4 heteroatoms. The number of ether oxygens (including phenoxy) is 1. The minimum Gasteiger partial charge on any atom is -0.494 e. The molecule has 4 nitrogen and oxygen atoms in total. The van der Waals surface area contributed by atoms with Crippen LogP contribution in [0.1, 0.15) is 25.5 Å². The maximum Gasteiger partial charge on any atom is 0.119 e. The standard InChI is InChI=1S/C17H24N2O2/c1-2-3-12-20-16-8-6-15(7-9-16)19-11-10-18-14-17-5-4-13-21-17/h4-9,13,18-19H,2-3,10-12,14H2,1H3. The Labute approximate surface area is 126 Å². The van der Waals surface area contributed by atoms with Gasteiger partial charge in [-0.1, -0.05) is 13.3 Å². The third-order valence-corrected chi connectivity index (χ3v) is 3.13. The Morgan fingerprint density at radius 1 is 1.10 bits per heavy atom. The van der Waals surface area contributed by atoms with Crippen LogP contribution >= 0.6 is 0 Å². The Morgan fingerprint density at radius 3 is 2.67 bits per heavy atom. The molecule has 114 valence electrons. The molecule has 0 radical (unpaired) electrons. The van der Waals surface area contributed by atoms with Crippen molar-refractivity contribution in [2.75, 3.05) is 25.0 Å². The molecule has 0 aliphatic carbocycles. The number of rotatable bonds is 10. The first kappa shape index (κ1) is 15.4. The summed E-state index contributed by atoms with van der Waals surface area (Å²) >= 11 is 0. The van der Waals surface area contributed by atoms with Gasteiger partial charge < -0.3 is 19.8 Å². The number of nitrogens with one attached hydrogen (secondary N) is 2. The second kappa shape index (κ2) is 9.08. The lowest BCUT2D eigenvalue weighted by Gasteiger charge is -2.09. The van der Waals surface area contributed by atoms with E-state index in [-0.39, 0.29) is 0 Å². The van der Waals surface area contributed by atoms with E-state index in [1.807, 2.05) is 36.4 Å². The van der Waals surface area contributed by atoms with Crippen LogP contribution in [0.3, 0.4) is 0 Å². The van der Waals surface area contributed by atoms with Crippen molar-refractivity contribution in [1.82, 2.24) is 5.32 Å². The van der Waals surface area contributed by atoms with Crippen LogP contribution in [-0.2, 0) is 6.54 Å². The highest BCUT2D eigenvalue weighted by Crippen LogP contribution is 2.15. The molecule has 0 amide bonds. The minimum atomic E-state index is 0.763. The maximum atomic E-state index is 5.64. The average molecular weight is 288 g/mol. The maximum absolute atomic E-state index is 5.64. The van der Waals surface area contributed by atoms with Gasteiger partial charge in [0.05, 0.1) is 19.4 Å². The van der Waals surface area contributed by atoms with Gasteiger partial charge in [0.1, 0.15) is 11.5 Å². The molecule has 0 saturated carbocycles. The van der Waals surface area contributed by atoms with Crippen molar-refractivity contribution in [3.05, 3.63) is 48.4 Å². The zero-order valence-corrected chi connectivity index (χ0v) is 12.6. The van der Waals surface area contributed by atoms with Gasteiger partial charge in [0, 0.05) is 18.8 Å². The summed E-state index contributed by atoms with van der Waals surface area (Å²) in [5, 5.41) is 6.69. The van der Waals surface area contributed by atoms with Crippen LogP contribution in [0.4, 0.5) is 5.69 Å². The molecule has 1 aromatic carbocycles. The molecule has 0 atom stereocenters. The summed E-state index contributed by atoms with van der Waals surface area (Å²) in [6.45, 7) is 5.47. The number of hydrogen-bond donors (Lipinski definition) is 2. The normalized spacial score (nSPS) is 10.5. The molecule has 0 fully saturated rings. The Kier molecular flexibility index (Phi) is 6.68. The second-order valence-electron chi connectivity index (χ2n) is 4.91. The van der Waals surface area contributed by atoms with Gasteiger partial charge in [0.2, 0.25) is 0 Å². The number of anilines is 1. The van der Waals surface area contributed by atoms with Gasteiger partial charge in [-0.05, 0) is 42.8 Å². The van der Waals surface area contributed by atoms with Crippen molar-refractivity contribution in [3.63, 3.8) is 0 Å². The molecule has 0 aliphatic rings. The SMILES string of the molecule is CCCCOc1ccc(NCCNCc2ccco2)cc1. The van der Waals surface area contributed by atoms with Crippen LogP contribution in [0.2, 0.25) is 0 Å². The van der Waals surface area contributed by atoms with Crippen molar-refractivity contribution < 1.29 is 9.15 Å². The number of furan rings is 1. The molecule has 2 rings (SSSR count). The molecule has 0 unspecified atom stereocenters. The zero-order valence-electron chi connectivity index (χ0n) is 12.6. The lowest BCUT2D eigenvalue weighted by Crippen LogP contribution is -2.21. The van der Waals surface area contributed by atoms with Gasteiger partial charge >= 0.3 is 0 Å². The third kappa shape index (κ3) is 5.92. The molecule has 21 heavy (non-hydrogen) atoms. The third-order valence-electron chi connectivity index (χ3n) is 3.13. The molecule has 1 aromatic heterocycles. The lowest BCUT2D eigenvalue weighted by atomic mass is 10.3. The van der Waals surface area contributed by atoms with E-state index < -0.39 is 0 Å². The van der Waals surface area contributed by atoms with Crippen molar-refractivity contribution in [1.29, 1.82) is 0 Å². The first-order valence-corrected chi connectivity index (χ1v) is 7.58. The van der Waals surface area contributed by atoms with E-state index in [4.69, 9.17) is 9.15 Å². The summed E-state index contributed by atoms with van der Waals surface area (Å²) in [5.74, 6) is 1.90. The van der Waals surface area contributed by atoms with Gasteiger partial charge in [-0.2, -0.15) is 0 Å². The summed E-state index contributed by atoms with van der Waals surface area (Å²) in [4.78, 5) is 0. The van der Waals surface area contributed by atoms with E-state index >= 15 is 0 Å². The minimum absolute atomic E-state index is 0.763. The quantitative estimate of drug-likeness (QED) is 0.655. The highest BCUT2D eigenvalue weighted by molar-refractivity contribution is 5.46. The molecule has 0 bridgehead atoms. The predicted molar refractivity (Wildman–Crippen MR) is 85.7 cm³/mol. The fourth-order valence-electron chi connectivity index (χ4n) is 1.92. The summed E-state index contributed by atoms with van der Waals surface area (Å²) < 4.78 is 10.9. The highest BCUT2D eigenvalue weighted by atomic mass is 16.5. The Hall–Kier alpha value is -1.94. The van der Waals surface area contributed by atoms with E-state index in [2.05, 4.69) is 17.6 Å². The smallest absolute Gasteiger partial charge is 0.119 e. The van der Waals surface area contributed by atoms with Crippen LogP contribution in [0.15, 0.2) is 47.1 Å². The van der Waals surface area contributed by atoms with Gasteiger partial charge in [0.15, 0.2) is 0 Å².